The van der Waals surface area contributed by atoms with Crippen LogP contribution < -0.4 is 26.1 Å². The molecule has 0 saturated carbocycles. The van der Waals surface area contributed by atoms with Crippen LogP contribution in [0, 0.1) is 0 Å². The molecular formula is C23H32ClN10O2PS. The average Bonchev–Trinajstić information content (AvgIpc) is 3.41. The van der Waals surface area contributed by atoms with Crippen molar-refractivity contribution >= 4 is 58.2 Å². The normalized spacial score (nSPS) is 17.5. The SMILES string of the molecule is COc1nc(P(C)(C)=O)cnc1Nc1nc(N)c(Cl)c(-c2nnc(N3CCC(N4CCCCC4)CC3)s2)n1. The molecule has 3 N–H and O–H groups in total. The van der Waals surface area contributed by atoms with Crippen LogP contribution >= 0.6 is 30.1 Å². The van der Waals surface area contributed by atoms with Crippen LogP contribution in [0.15, 0.2) is 6.20 Å². The fourth-order valence-electron chi connectivity index (χ4n) is 4.76. The highest BCUT2D eigenvalue weighted by Gasteiger charge is 2.28. The van der Waals surface area contributed by atoms with Crippen molar-refractivity contribution < 1.29 is 9.30 Å². The molecule has 204 valence electrons. The van der Waals surface area contributed by atoms with Crippen molar-refractivity contribution in [2.75, 3.05) is 62.6 Å². The monoisotopic (exact) mass is 578 g/mol. The number of nitrogens with zero attached hydrogens (tertiary/aromatic N) is 8. The number of rotatable bonds is 7. The van der Waals surface area contributed by atoms with Gasteiger partial charge in [0.05, 0.1) is 13.3 Å². The quantitative estimate of drug-likeness (QED) is 0.395. The zero-order valence-electron chi connectivity index (χ0n) is 21.7. The van der Waals surface area contributed by atoms with Gasteiger partial charge in [-0.15, -0.1) is 10.2 Å². The van der Waals surface area contributed by atoms with Gasteiger partial charge in [-0.3, -0.25) is 0 Å². The van der Waals surface area contributed by atoms with Gasteiger partial charge >= 0.3 is 0 Å². The fourth-order valence-corrected chi connectivity index (χ4v) is 6.55. The number of methoxy groups -OCH3 is 1. The lowest BCUT2D eigenvalue weighted by atomic mass is 10.0. The summed E-state index contributed by atoms with van der Waals surface area (Å²) in [5.41, 5.74) is 6.85. The molecule has 2 aliphatic rings. The molecule has 0 atom stereocenters. The number of likely N-dealkylation sites (tertiary alicyclic amines) is 1. The smallest absolute Gasteiger partial charge is 0.258 e. The topological polar surface area (TPSA) is 148 Å². The molecule has 0 aliphatic carbocycles. The fraction of sp³-hybridized carbons (Fsp3) is 0.565. The molecule has 2 fully saturated rings. The average molecular weight is 579 g/mol. The summed E-state index contributed by atoms with van der Waals surface area (Å²) in [5.74, 6) is 0.661. The van der Waals surface area contributed by atoms with Crippen molar-refractivity contribution in [3.63, 3.8) is 0 Å². The number of nitrogen functional groups attached to an aromatic ring is 1. The van der Waals surface area contributed by atoms with Crippen LogP contribution in [0.3, 0.4) is 0 Å². The van der Waals surface area contributed by atoms with Gasteiger partial charge in [-0.25, -0.2) is 15.0 Å². The summed E-state index contributed by atoms with van der Waals surface area (Å²) >= 11 is 7.92. The van der Waals surface area contributed by atoms with E-state index in [1.807, 2.05) is 0 Å². The Morgan fingerprint density at radius 1 is 1.11 bits per heavy atom. The second-order valence-corrected chi connectivity index (χ2v) is 14.4. The molecule has 0 radical (unpaired) electrons. The molecule has 15 heteroatoms. The van der Waals surface area contributed by atoms with Crippen molar-refractivity contribution in [3.8, 4) is 16.6 Å². The third kappa shape index (κ3) is 5.85. The van der Waals surface area contributed by atoms with Crippen LogP contribution in [-0.4, -0.2) is 87.7 Å². The Bertz CT molecular complexity index is 1340. The standard InChI is InChI=1S/C23H32ClN10O2PS/c1-36-20-19(26-13-15(27-20)37(2,3)35)30-22-28-17(16(24)18(25)29-22)21-31-32-23(38-21)34-11-7-14(8-12-34)33-9-5-4-6-10-33/h13-14H,4-12H2,1-3H3,(H3,25,26,28,29,30). The van der Waals surface area contributed by atoms with E-state index < -0.39 is 7.14 Å². The Morgan fingerprint density at radius 2 is 1.84 bits per heavy atom. The number of nitrogens with two attached hydrogens (primary N) is 1. The van der Waals surface area contributed by atoms with E-state index in [4.69, 9.17) is 22.1 Å². The van der Waals surface area contributed by atoms with E-state index in [0.29, 0.717) is 22.2 Å². The lowest BCUT2D eigenvalue weighted by Crippen LogP contribution is -2.46. The number of ether oxygens (including phenoxy) is 1. The van der Waals surface area contributed by atoms with Crippen LogP contribution in [-0.2, 0) is 4.57 Å². The number of nitrogens with one attached hydrogen (secondary N) is 1. The van der Waals surface area contributed by atoms with Crippen molar-refractivity contribution in [1.82, 2.24) is 35.0 Å². The Morgan fingerprint density at radius 3 is 2.53 bits per heavy atom. The first-order chi connectivity index (χ1) is 18.2. The van der Waals surface area contributed by atoms with Crippen LogP contribution in [0.4, 0.5) is 22.7 Å². The van der Waals surface area contributed by atoms with E-state index in [1.54, 1.807) is 13.3 Å². The third-order valence-corrected chi connectivity index (χ3v) is 9.52. The van der Waals surface area contributed by atoms with Crippen LogP contribution in [0.2, 0.25) is 5.02 Å². The first-order valence-electron chi connectivity index (χ1n) is 12.6. The number of halogens is 1. The second kappa shape index (κ2) is 11.3. The van der Waals surface area contributed by atoms with Gasteiger partial charge in [-0.05, 0) is 52.1 Å². The summed E-state index contributed by atoms with van der Waals surface area (Å²) in [6, 6.07) is 0.652. The Hall–Kier alpha value is -2.60. The molecule has 2 aliphatic heterocycles. The first kappa shape index (κ1) is 27.0. The zero-order valence-corrected chi connectivity index (χ0v) is 24.2. The van der Waals surface area contributed by atoms with E-state index in [2.05, 4.69) is 45.2 Å². The van der Waals surface area contributed by atoms with E-state index in [0.717, 1.165) is 31.1 Å². The Kier molecular flexibility index (Phi) is 7.99. The summed E-state index contributed by atoms with van der Waals surface area (Å²) in [7, 11) is -1.16. The molecule has 3 aromatic heterocycles. The predicted octanol–water partition coefficient (Wildman–Crippen LogP) is 3.48. The summed E-state index contributed by atoms with van der Waals surface area (Å²) in [6.45, 7) is 7.56. The maximum absolute atomic E-state index is 12.4. The minimum atomic E-state index is -2.61. The molecular weight excluding hydrogens is 547 g/mol. The maximum Gasteiger partial charge on any atom is 0.258 e. The summed E-state index contributed by atoms with van der Waals surface area (Å²) in [6.07, 6.45) is 7.66. The highest BCUT2D eigenvalue weighted by Crippen LogP contribution is 2.37. The van der Waals surface area contributed by atoms with Gasteiger partial charge in [0.25, 0.3) is 5.88 Å². The van der Waals surface area contributed by atoms with Crippen LogP contribution in [0.1, 0.15) is 32.1 Å². The molecule has 0 spiro atoms. The highest BCUT2D eigenvalue weighted by atomic mass is 35.5. The molecule has 0 bridgehead atoms. The van der Waals surface area contributed by atoms with E-state index in [-0.39, 0.29) is 28.5 Å². The Balaban J connectivity index is 1.33. The van der Waals surface area contributed by atoms with Crippen molar-refractivity contribution in [2.45, 2.75) is 38.1 Å². The third-order valence-electron chi connectivity index (χ3n) is 6.84. The van der Waals surface area contributed by atoms with E-state index in [9.17, 15) is 4.57 Å². The number of anilines is 4. The second-order valence-electron chi connectivity index (χ2n) is 9.86. The summed E-state index contributed by atoms with van der Waals surface area (Å²) in [5, 5.41) is 13.4. The highest BCUT2D eigenvalue weighted by molar-refractivity contribution is 7.69. The van der Waals surface area contributed by atoms with Crippen LogP contribution in [0.25, 0.3) is 10.7 Å². The lowest BCUT2D eigenvalue weighted by Gasteiger charge is -2.40. The van der Waals surface area contributed by atoms with Crippen molar-refractivity contribution in [3.05, 3.63) is 11.2 Å². The van der Waals surface area contributed by atoms with Gasteiger partial charge in [0.15, 0.2) is 10.8 Å². The minimum Gasteiger partial charge on any atom is -0.478 e. The number of piperidine rings is 2. The summed E-state index contributed by atoms with van der Waals surface area (Å²) < 4.78 is 17.7. The van der Waals surface area contributed by atoms with Gasteiger partial charge in [0.1, 0.15) is 29.1 Å². The number of aromatic nitrogens is 6. The first-order valence-corrected chi connectivity index (χ1v) is 16.4. The van der Waals surface area contributed by atoms with E-state index in [1.165, 1.54) is 57.0 Å². The number of hydrogen-bond acceptors (Lipinski definition) is 13. The molecule has 3 aromatic rings. The van der Waals surface area contributed by atoms with Crippen LogP contribution in [0.5, 0.6) is 5.88 Å². The molecule has 12 nitrogen and oxygen atoms in total. The van der Waals surface area contributed by atoms with Gasteiger partial charge < -0.3 is 30.2 Å². The van der Waals surface area contributed by atoms with Crippen molar-refractivity contribution in [2.24, 2.45) is 0 Å². The molecule has 0 unspecified atom stereocenters. The largest absolute Gasteiger partial charge is 0.478 e. The van der Waals surface area contributed by atoms with Crippen molar-refractivity contribution in [1.29, 1.82) is 0 Å². The zero-order chi connectivity index (χ0) is 26.9. The Labute approximate surface area is 230 Å². The minimum absolute atomic E-state index is 0.0911. The molecule has 0 aromatic carbocycles. The number of hydrogen-bond donors (Lipinski definition) is 2. The molecule has 5 heterocycles. The molecule has 0 amide bonds. The van der Waals surface area contributed by atoms with Gasteiger partial charge in [-0.1, -0.05) is 29.4 Å². The van der Waals surface area contributed by atoms with E-state index >= 15 is 0 Å². The molecule has 38 heavy (non-hydrogen) atoms. The molecule has 2 saturated heterocycles. The summed E-state index contributed by atoms with van der Waals surface area (Å²) in [4.78, 5) is 22.3. The maximum atomic E-state index is 12.4. The lowest BCUT2D eigenvalue weighted by molar-refractivity contribution is 0.141. The predicted molar refractivity (Wildman–Crippen MR) is 152 cm³/mol. The van der Waals surface area contributed by atoms with Gasteiger partial charge in [0, 0.05) is 19.1 Å². The molecule has 5 rings (SSSR count). The van der Waals surface area contributed by atoms with Gasteiger partial charge in [-0.2, -0.15) is 4.98 Å². The van der Waals surface area contributed by atoms with Gasteiger partial charge in [0.2, 0.25) is 11.1 Å².